The number of rotatable bonds is 11. The summed E-state index contributed by atoms with van der Waals surface area (Å²) in [6.45, 7) is 1.21. The largest absolute Gasteiger partial charge is 0.504 e. The number of hydrogen-bond acceptors (Lipinski definition) is 15. The maximum absolute atomic E-state index is 13.4. The van der Waals surface area contributed by atoms with Crippen molar-refractivity contribution >= 4 is 98.6 Å². The van der Waals surface area contributed by atoms with Gasteiger partial charge in [-0.25, -0.2) is 24.4 Å². The number of phenols is 2. The Kier molecular flexibility index (Phi) is 9.42. The van der Waals surface area contributed by atoms with Gasteiger partial charge in [0.25, 0.3) is 11.7 Å². The molecule has 3 fully saturated rings. The number of halogens is 2. The molecule has 0 aliphatic carbocycles. The summed E-state index contributed by atoms with van der Waals surface area (Å²) in [6.07, 6.45) is 0. The number of thiazole rings is 1. The molecule has 3 aliphatic rings. The molecule has 20 nitrogen and oxygen atoms in total. The topological polar surface area (TPSA) is 295 Å². The minimum atomic E-state index is -2.11. The van der Waals surface area contributed by atoms with Gasteiger partial charge in [0.05, 0.1) is 23.7 Å². The van der Waals surface area contributed by atoms with Gasteiger partial charge < -0.3 is 41.2 Å². The van der Waals surface area contributed by atoms with Gasteiger partial charge in [0.2, 0.25) is 16.4 Å². The first-order valence-electron chi connectivity index (χ1n) is 13.9. The van der Waals surface area contributed by atoms with Crippen LogP contribution in [0, 0.1) is 0 Å². The van der Waals surface area contributed by atoms with Crippen molar-refractivity contribution < 1.29 is 58.8 Å². The molecule has 0 radical (unpaired) electrons. The Hall–Kier alpha value is -5.06. The normalized spacial score (nSPS) is 21.8. The molecule has 5 rings (SSSR count). The van der Waals surface area contributed by atoms with Crippen LogP contribution in [0.5, 0.6) is 11.5 Å². The number of β-lactam (4-membered cyclic amide) rings is 1. The van der Waals surface area contributed by atoms with E-state index >= 15 is 0 Å². The molecule has 0 spiro atoms. The fourth-order valence-corrected chi connectivity index (χ4v) is 7.68. The number of carbonyl (C=O) groups is 7. The summed E-state index contributed by atoms with van der Waals surface area (Å²) in [5.74, 6) is -8.93. The molecular weight excluding hydrogens is 751 g/mol. The molecule has 8 N–H and O–H groups in total. The Labute approximate surface area is 297 Å². The quantitative estimate of drug-likeness (QED) is 0.0390. The zero-order chi connectivity index (χ0) is 37.0. The Morgan fingerprint density at radius 2 is 1.80 bits per heavy atom. The van der Waals surface area contributed by atoms with Crippen molar-refractivity contribution in [3.63, 3.8) is 0 Å². The number of nitrogens with two attached hydrogens (primary N) is 1. The van der Waals surface area contributed by atoms with Crippen LogP contribution in [0.2, 0.25) is 9.36 Å². The van der Waals surface area contributed by atoms with Crippen LogP contribution >= 0.6 is 46.3 Å². The Balaban J connectivity index is 1.32. The van der Waals surface area contributed by atoms with Gasteiger partial charge >= 0.3 is 23.9 Å². The van der Waals surface area contributed by atoms with Crippen molar-refractivity contribution in [1.82, 2.24) is 30.5 Å². The number of aliphatic carboxylic acids is 2. The average molecular weight is 776 g/mol. The van der Waals surface area contributed by atoms with Gasteiger partial charge in [-0.15, -0.1) is 0 Å². The summed E-state index contributed by atoms with van der Waals surface area (Å²) in [5.41, 5.74) is 4.45. The van der Waals surface area contributed by atoms with Crippen LogP contribution in [0.3, 0.4) is 0 Å². The van der Waals surface area contributed by atoms with E-state index in [0.29, 0.717) is 16.8 Å². The second-order valence-corrected chi connectivity index (χ2v) is 14.6. The van der Waals surface area contributed by atoms with E-state index < -0.39 is 97.7 Å². The summed E-state index contributed by atoms with van der Waals surface area (Å²) in [5, 5.41) is 44.0. The maximum Gasteiger partial charge on any atom is 0.350 e. The number of urea groups is 1. The number of carboxylic acids is 2. The number of nitrogens with zero attached hydrogens (tertiary/aromatic N) is 5. The molecule has 1 aromatic heterocycles. The molecule has 266 valence electrons. The number of hydrogen-bond donors (Lipinski definition) is 7. The third kappa shape index (κ3) is 6.14. The molecular formula is C26H24Cl2N8O12S2. The molecule has 50 heavy (non-hydrogen) atoms. The Morgan fingerprint density at radius 3 is 2.40 bits per heavy atom. The zero-order valence-electron chi connectivity index (χ0n) is 25.4. The fourth-order valence-electron chi connectivity index (χ4n) is 4.87. The molecule has 2 aromatic rings. The lowest BCUT2D eigenvalue weighted by Gasteiger charge is -2.41. The number of aromatic hydroxyl groups is 2. The number of nitrogens with one attached hydrogen (secondary N) is 2. The molecule has 0 bridgehead atoms. The van der Waals surface area contributed by atoms with Gasteiger partial charge in [0.1, 0.15) is 21.4 Å². The van der Waals surface area contributed by atoms with Gasteiger partial charge in [-0.3, -0.25) is 29.5 Å². The first-order chi connectivity index (χ1) is 23.3. The van der Waals surface area contributed by atoms with E-state index in [9.17, 15) is 54.0 Å². The van der Waals surface area contributed by atoms with Gasteiger partial charge in [0, 0.05) is 6.54 Å². The van der Waals surface area contributed by atoms with E-state index in [1.165, 1.54) is 0 Å². The van der Waals surface area contributed by atoms with Crippen LogP contribution in [-0.2, 0) is 28.8 Å². The van der Waals surface area contributed by atoms with Gasteiger partial charge in [-0.2, -0.15) is 0 Å². The summed E-state index contributed by atoms with van der Waals surface area (Å²) in [6, 6.07) is -0.509. The minimum absolute atomic E-state index is 0.0696. The van der Waals surface area contributed by atoms with Crippen LogP contribution in [0.15, 0.2) is 17.3 Å². The lowest BCUT2D eigenvalue weighted by atomic mass is 10.1. The number of Topliss-reactive ketones (excluding diaryl/α,β-unsaturated/α-hetero) is 1. The number of benzene rings is 1. The third-order valence-electron chi connectivity index (χ3n) is 7.61. The highest BCUT2D eigenvalue weighted by atomic mass is 35.5. The Bertz CT molecular complexity index is 1910. The molecule has 3 atom stereocenters. The predicted octanol–water partition coefficient (Wildman–Crippen LogP) is -0.140. The molecule has 0 saturated carbocycles. The summed E-state index contributed by atoms with van der Waals surface area (Å²) < 4.78 is -0.106. The molecule has 1 aromatic carbocycles. The van der Waals surface area contributed by atoms with Crippen molar-refractivity contribution in [2.45, 2.75) is 35.7 Å². The van der Waals surface area contributed by atoms with Crippen LogP contribution in [0.25, 0.3) is 0 Å². The number of anilines is 1. The average Bonchev–Trinajstić information content (AvgIpc) is 3.71. The highest BCUT2D eigenvalue weighted by Crippen LogP contribution is 2.49. The fraction of sp³-hybridized carbons (Fsp3) is 0.346. The molecule has 1 unspecified atom stereocenters. The number of ketones is 1. The minimum Gasteiger partial charge on any atom is -0.504 e. The number of thioether (sulfide) groups is 1. The number of aromatic nitrogens is 1. The van der Waals surface area contributed by atoms with Gasteiger partial charge in [-0.1, -0.05) is 51.5 Å². The number of hydrazine groups is 1. The third-order valence-corrected chi connectivity index (χ3v) is 10.8. The second kappa shape index (κ2) is 13.0. The van der Waals surface area contributed by atoms with Crippen molar-refractivity contribution in [3.8, 4) is 11.5 Å². The van der Waals surface area contributed by atoms with Crippen LogP contribution in [-0.4, -0.2) is 129 Å². The summed E-state index contributed by atoms with van der Waals surface area (Å²) in [4.78, 5) is 98.5. The lowest BCUT2D eigenvalue weighted by molar-refractivity contribution is -0.161. The lowest BCUT2D eigenvalue weighted by Crippen LogP contribution is -2.68. The number of carbonyl (C=O) groups excluding carboxylic acids is 5. The first-order valence-corrected chi connectivity index (χ1v) is 16.3. The highest BCUT2D eigenvalue weighted by Gasteiger charge is 2.66. The van der Waals surface area contributed by atoms with Crippen molar-refractivity contribution in [1.29, 1.82) is 0 Å². The van der Waals surface area contributed by atoms with E-state index in [1.54, 1.807) is 0 Å². The monoisotopic (exact) mass is 774 g/mol. The van der Waals surface area contributed by atoms with Crippen LogP contribution < -0.4 is 16.5 Å². The number of nitrogen functional groups attached to an aromatic ring is 1. The van der Waals surface area contributed by atoms with E-state index in [4.69, 9.17) is 33.8 Å². The summed E-state index contributed by atoms with van der Waals surface area (Å²) in [7, 11) is 0. The number of phenolic OH excluding ortho intramolecular Hbond substituents is 2. The molecule has 5 amide bonds. The molecule has 3 aliphatic heterocycles. The Morgan fingerprint density at radius 1 is 1.12 bits per heavy atom. The van der Waals surface area contributed by atoms with Gasteiger partial charge in [0.15, 0.2) is 22.3 Å². The number of carboxylic acid groups (broad SMARTS) is 2. The van der Waals surface area contributed by atoms with E-state index in [-0.39, 0.29) is 28.3 Å². The van der Waals surface area contributed by atoms with Crippen LogP contribution in [0.1, 0.15) is 29.9 Å². The van der Waals surface area contributed by atoms with Crippen molar-refractivity contribution in [3.05, 3.63) is 32.7 Å². The molecule has 24 heteroatoms. The zero-order valence-corrected chi connectivity index (χ0v) is 28.5. The SMILES string of the molecule is CC(C)(O/N=C(\C(=O)NC1C(=O)N2C[C@@](C(=O)O)(N3CCN(NC(=O)C(=O)c4ccc(O)c(O)c4Cl)C3=O)S[C@H]12)c1nc(N)sc1Cl)C(=O)O. The number of fused-ring (bicyclic) bond motifs is 1. The second-order valence-electron chi connectivity index (χ2n) is 11.2. The standard InChI is InChI=1S/C26H24Cl2N8O12S2/c1-25(2,21(43)44)48-33-12(11-16(28)49-23(29)31-11)17(40)30-13-19(42)34-7-26(22(45)46,50-20(13)34)35-5-6-36(24(35)47)32-18(41)14(38)8-3-4-9(37)15(39)10(8)27/h3-4,13,20,37,39H,5-7H2,1-2H3,(H2,29,31)(H,30,40)(H,32,41)(H,43,44)(H,45,46)/b33-12-/t13?,20-,26-/m1/s1. The van der Waals surface area contributed by atoms with Crippen LogP contribution in [0.4, 0.5) is 9.93 Å². The molecule has 4 heterocycles. The van der Waals surface area contributed by atoms with Gasteiger partial charge in [-0.05, 0) is 26.0 Å². The van der Waals surface area contributed by atoms with E-state index in [2.05, 4.69) is 20.9 Å². The van der Waals surface area contributed by atoms with E-state index in [1.807, 2.05) is 0 Å². The van der Waals surface area contributed by atoms with E-state index in [0.717, 1.165) is 47.1 Å². The van der Waals surface area contributed by atoms with Crippen molar-refractivity contribution in [2.24, 2.45) is 5.16 Å². The summed E-state index contributed by atoms with van der Waals surface area (Å²) >= 11 is 13.4. The number of amides is 5. The smallest absolute Gasteiger partial charge is 0.350 e. The highest BCUT2D eigenvalue weighted by molar-refractivity contribution is 8.02. The predicted molar refractivity (Wildman–Crippen MR) is 172 cm³/mol. The maximum atomic E-state index is 13.4. The van der Waals surface area contributed by atoms with Crippen molar-refractivity contribution in [2.75, 3.05) is 25.4 Å². The number of oxime groups is 1. The molecule has 3 saturated heterocycles. The first kappa shape index (κ1) is 36.2.